The Bertz CT molecular complexity index is 1040. The zero-order chi connectivity index (χ0) is 22.0. The van der Waals surface area contributed by atoms with E-state index in [9.17, 15) is 9.59 Å². The molecule has 3 atom stereocenters. The first-order valence-corrected chi connectivity index (χ1v) is 10.9. The number of nitrogens with one attached hydrogen (secondary N) is 1. The number of Topliss-reactive ketones (excluding diaryl/α,β-unsaturated/α-hetero) is 1. The van der Waals surface area contributed by atoms with Crippen molar-refractivity contribution in [1.29, 1.82) is 0 Å². The second-order valence-electron chi connectivity index (χ2n) is 8.33. The first-order chi connectivity index (χ1) is 15.0. The van der Waals surface area contributed by atoms with Gasteiger partial charge in [0.05, 0.1) is 11.7 Å². The summed E-state index contributed by atoms with van der Waals surface area (Å²) in [4.78, 5) is 30.7. The lowest BCUT2D eigenvalue weighted by atomic mass is 9.72. The number of ether oxygens (including phenoxy) is 1. The minimum Gasteiger partial charge on any atom is -0.459 e. The molecule has 2 aromatic rings. The van der Waals surface area contributed by atoms with Crippen LogP contribution in [0.4, 0.5) is 0 Å². The molecule has 0 unspecified atom stereocenters. The minimum atomic E-state index is -0.444. The van der Waals surface area contributed by atoms with Gasteiger partial charge < -0.3 is 10.1 Å². The number of hydrogen-bond donors (Lipinski definition) is 1. The first kappa shape index (κ1) is 21.0. The fraction of sp³-hybridized carbons (Fsp3) is 0.346. The van der Waals surface area contributed by atoms with Crippen LogP contribution in [-0.4, -0.2) is 22.8 Å². The highest BCUT2D eigenvalue weighted by atomic mass is 16.5. The lowest BCUT2D eigenvalue weighted by Gasteiger charge is -2.37. The summed E-state index contributed by atoms with van der Waals surface area (Å²) >= 11 is 0. The maximum absolute atomic E-state index is 13.5. The second-order valence-corrected chi connectivity index (χ2v) is 8.33. The number of dihydropyridines is 1. The molecule has 0 amide bonds. The average molecular weight is 417 g/mol. The van der Waals surface area contributed by atoms with E-state index in [2.05, 4.69) is 22.4 Å². The van der Waals surface area contributed by atoms with E-state index in [1.54, 1.807) is 12.4 Å². The normalized spacial score (nSPS) is 22.0. The summed E-state index contributed by atoms with van der Waals surface area (Å²) in [6, 6.07) is 13.9. The summed E-state index contributed by atoms with van der Waals surface area (Å²) in [5.41, 5.74) is 4.89. The highest BCUT2D eigenvalue weighted by Gasteiger charge is 2.41. The quantitative estimate of drug-likeness (QED) is 0.710. The van der Waals surface area contributed by atoms with Crippen molar-refractivity contribution in [2.24, 2.45) is 0 Å². The van der Waals surface area contributed by atoms with Gasteiger partial charge in [-0.3, -0.25) is 9.78 Å². The second kappa shape index (κ2) is 8.88. The molecule has 0 spiro atoms. The molecule has 5 nitrogen and oxygen atoms in total. The number of ketones is 1. The Morgan fingerprint density at radius 3 is 2.52 bits per heavy atom. The van der Waals surface area contributed by atoms with Crippen LogP contribution in [0.1, 0.15) is 63.0 Å². The topological polar surface area (TPSA) is 68.3 Å². The Morgan fingerprint density at radius 2 is 1.84 bits per heavy atom. The molecular formula is C26H28N2O3. The fourth-order valence-corrected chi connectivity index (χ4v) is 4.49. The number of allylic oxidation sites excluding steroid dienone is 3. The van der Waals surface area contributed by atoms with Crippen LogP contribution in [0.3, 0.4) is 0 Å². The van der Waals surface area contributed by atoms with Crippen molar-refractivity contribution in [1.82, 2.24) is 10.3 Å². The van der Waals surface area contributed by atoms with E-state index < -0.39 is 5.92 Å². The highest BCUT2D eigenvalue weighted by Crippen LogP contribution is 2.45. The molecule has 2 aliphatic rings. The lowest BCUT2D eigenvalue weighted by Crippen LogP contribution is -2.36. The minimum absolute atomic E-state index is 0.0748. The molecule has 5 heteroatoms. The van der Waals surface area contributed by atoms with Crippen molar-refractivity contribution in [2.75, 3.05) is 0 Å². The van der Waals surface area contributed by atoms with Crippen LogP contribution in [-0.2, 0) is 14.3 Å². The molecular weight excluding hydrogens is 388 g/mol. The number of rotatable bonds is 5. The molecule has 0 radical (unpaired) electrons. The van der Waals surface area contributed by atoms with Gasteiger partial charge in [-0.2, -0.15) is 0 Å². The van der Waals surface area contributed by atoms with E-state index in [0.717, 1.165) is 35.4 Å². The molecule has 31 heavy (non-hydrogen) atoms. The molecule has 0 bridgehead atoms. The van der Waals surface area contributed by atoms with E-state index in [0.29, 0.717) is 17.6 Å². The van der Waals surface area contributed by atoms with Gasteiger partial charge in [-0.05, 0) is 55.9 Å². The van der Waals surface area contributed by atoms with Crippen molar-refractivity contribution >= 4 is 11.8 Å². The first-order valence-electron chi connectivity index (χ1n) is 10.9. The third-order valence-electron chi connectivity index (χ3n) is 6.24. The third kappa shape index (κ3) is 4.18. The van der Waals surface area contributed by atoms with Crippen LogP contribution in [0.5, 0.6) is 0 Å². The van der Waals surface area contributed by atoms with Crippen LogP contribution in [0, 0.1) is 0 Å². The average Bonchev–Trinajstić information content (AvgIpc) is 2.79. The summed E-state index contributed by atoms with van der Waals surface area (Å²) in [5.74, 6) is -0.615. The number of aromatic nitrogens is 1. The Labute approximate surface area is 183 Å². The Balaban J connectivity index is 1.76. The maximum atomic E-state index is 13.5. The van der Waals surface area contributed by atoms with Gasteiger partial charge in [0.2, 0.25) is 0 Å². The van der Waals surface area contributed by atoms with E-state index in [4.69, 9.17) is 4.74 Å². The van der Waals surface area contributed by atoms with Crippen LogP contribution in [0.25, 0.3) is 0 Å². The Kier molecular flexibility index (Phi) is 6.03. The van der Waals surface area contributed by atoms with Gasteiger partial charge in [-0.1, -0.05) is 37.3 Å². The zero-order valence-electron chi connectivity index (χ0n) is 18.2. The number of pyridine rings is 1. The van der Waals surface area contributed by atoms with Crippen LogP contribution in [0.2, 0.25) is 0 Å². The SMILES string of the molecule is CC[C@@H](C)OC(=O)C1=C(C)NC2=C(C(=O)C[C@@H](c3ccccc3)C2)[C@H]1c1ccncc1. The number of hydrogen-bond acceptors (Lipinski definition) is 5. The Hall–Kier alpha value is -3.21. The zero-order valence-corrected chi connectivity index (χ0v) is 18.2. The monoisotopic (exact) mass is 416 g/mol. The van der Waals surface area contributed by atoms with Crippen molar-refractivity contribution < 1.29 is 14.3 Å². The number of esters is 1. The molecule has 0 fully saturated rings. The third-order valence-corrected chi connectivity index (χ3v) is 6.24. The molecule has 1 aliphatic heterocycles. The molecule has 4 rings (SSSR count). The van der Waals surface area contributed by atoms with Gasteiger partial charge in [-0.25, -0.2) is 4.79 Å². The number of carbonyl (C=O) groups is 2. The highest BCUT2D eigenvalue weighted by molar-refractivity contribution is 6.04. The summed E-state index contributed by atoms with van der Waals surface area (Å²) in [7, 11) is 0. The predicted molar refractivity (Wildman–Crippen MR) is 119 cm³/mol. The van der Waals surface area contributed by atoms with E-state index in [-0.39, 0.29) is 23.8 Å². The van der Waals surface area contributed by atoms with Crippen LogP contribution in [0.15, 0.2) is 77.4 Å². The predicted octanol–water partition coefficient (Wildman–Crippen LogP) is 4.78. The summed E-state index contributed by atoms with van der Waals surface area (Å²) in [6.07, 6.45) is 5.11. The van der Waals surface area contributed by atoms with Crippen LogP contribution < -0.4 is 5.32 Å². The van der Waals surface area contributed by atoms with Crippen molar-refractivity contribution in [3.63, 3.8) is 0 Å². The largest absolute Gasteiger partial charge is 0.459 e. The van der Waals surface area contributed by atoms with Gasteiger partial charge in [0.15, 0.2) is 5.78 Å². The summed E-state index contributed by atoms with van der Waals surface area (Å²) in [6.45, 7) is 5.75. The molecule has 1 aromatic heterocycles. The lowest BCUT2D eigenvalue weighted by molar-refractivity contribution is -0.144. The maximum Gasteiger partial charge on any atom is 0.337 e. The number of nitrogens with zero attached hydrogens (tertiary/aromatic N) is 1. The molecule has 1 aliphatic carbocycles. The molecule has 1 N–H and O–H groups in total. The molecule has 0 saturated carbocycles. The summed E-state index contributed by atoms with van der Waals surface area (Å²) < 4.78 is 5.68. The van der Waals surface area contributed by atoms with Crippen molar-refractivity contribution in [3.05, 3.63) is 88.5 Å². The van der Waals surface area contributed by atoms with E-state index in [1.807, 2.05) is 51.1 Å². The van der Waals surface area contributed by atoms with Gasteiger partial charge in [0.25, 0.3) is 0 Å². The fourth-order valence-electron chi connectivity index (χ4n) is 4.49. The van der Waals surface area contributed by atoms with Gasteiger partial charge in [0.1, 0.15) is 0 Å². The van der Waals surface area contributed by atoms with Gasteiger partial charge in [-0.15, -0.1) is 0 Å². The summed E-state index contributed by atoms with van der Waals surface area (Å²) in [5, 5.41) is 3.39. The molecule has 1 aromatic carbocycles. The molecule has 2 heterocycles. The number of carbonyl (C=O) groups excluding carboxylic acids is 2. The van der Waals surface area contributed by atoms with E-state index >= 15 is 0 Å². The Morgan fingerprint density at radius 1 is 1.13 bits per heavy atom. The van der Waals surface area contributed by atoms with Crippen LogP contribution >= 0.6 is 0 Å². The van der Waals surface area contributed by atoms with E-state index in [1.165, 1.54) is 0 Å². The molecule has 0 saturated heterocycles. The van der Waals surface area contributed by atoms with Crippen molar-refractivity contribution in [2.45, 2.75) is 58.0 Å². The van der Waals surface area contributed by atoms with Gasteiger partial charge >= 0.3 is 5.97 Å². The van der Waals surface area contributed by atoms with Crippen molar-refractivity contribution in [3.8, 4) is 0 Å². The standard InChI is InChI=1S/C26H28N2O3/c1-4-16(2)31-26(30)23-17(3)28-21-14-20(18-8-6-5-7-9-18)15-22(29)25(21)24(23)19-10-12-27-13-11-19/h5-13,16,20,24,28H,4,14-15H2,1-3H3/t16-,20+,24+/m1/s1. The smallest absolute Gasteiger partial charge is 0.337 e. The number of benzene rings is 1. The van der Waals surface area contributed by atoms with Gasteiger partial charge in [0, 0.05) is 41.7 Å². The molecule has 160 valence electrons.